The van der Waals surface area contributed by atoms with Crippen LogP contribution in [0.3, 0.4) is 0 Å². The molecule has 0 radical (unpaired) electrons. The monoisotopic (exact) mass is 619 g/mol. The number of rotatable bonds is 10. The number of halogens is 3. The highest BCUT2D eigenvalue weighted by atomic mass is 19.2. The zero-order valence-electron chi connectivity index (χ0n) is 26.6. The molecule has 1 aromatic heterocycles. The van der Waals surface area contributed by atoms with E-state index in [2.05, 4.69) is 29.0 Å². The first-order valence-electron chi connectivity index (χ1n) is 14.6. The van der Waals surface area contributed by atoms with Gasteiger partial charge >= 0.3 is 5.97 Å². The summed E-state index contributed by atoms with van der Waals surface area (Å²) in [5, 5.41) is 15.8. The third-order valence-corrected chi connectivity index (χ3v) is 6.60. The highest BCUT2D eigenvalue weighted by Gasteiger charge is 2.35. The zero-order chi connectivity index (χ0) is 33.4. The van der Waals surface area contributed by atoms with Crippen LogP contribution in [0.5, 0.6) is 0 Å². The van der Waals surface area contributed by atoms with Crippen molar-refractivity contribution in [3.8, 4) is 0 Å². The molecule has 3 rings (SSSR count). The fourth-order valence-electron chi connectivity index (χ4n) is 4.34. The number of nitrogens with one attached hydrogen (secondary N) is 1. The molecule has 1 amide bonds. The number of ether oxygens (including phenoxy) is 1. The quantitative estimate of drug-likeness (QED) is 0.0909. The number of carbonyl (C=O) groups excluding carboxylic acids is 2. The fourth-order valence-corrected chi connectivity index (χ4v) is 4.34. The number of methoxy groups -OCH3 is 1. The summed E-state index contributed by atoms with van der Waals surface area (Å²) in [6, 6.07) is 1.39. The Balaban J connectivity index is 0.00000125. The van der Waals surface area contributed by atoms with Crippen LogP contribution in [0.4, 0.5) is 13.2 Å². The summed E-state index contributed by atoms with van der Waals surface area (Å²) in [7, 11) is 1.17. The summed E-state index contributed by atoms with van der Waals surface area (Å²) in [5.74, 6) is -4.91. The van der Waals surface area contributed by atoms with Gasteiger partial charge in [-0.05, 0) is 68.2 Å². The minimum Gasteiger partial charge on any atom is -0.513 e. The van der Waals surface area contributed by atoms with E-state index >= 15 is 0 Å². The van der Waals surface area contributed by atoms with Crippen molar-refractivity contribution < 1.29 is 37.1 Å². The molecule has 1 aromatic carbocycles. The molecule has 2 unspecified atom stereocenters. The lowest BCUT2D eigenvalue weighted by Crippen LogP contribution is -2.32. The molecule has 0 saturated heterocycles. The van der Waals surface area contributed by atoms with E-state index in [9.17, 15) is 27.9 Å². The van der Waals surface area contributed by atoms with Crippen LogP contribution in [0.15, 0.2) is 58.5 Å². The van der Waals surface area contributed by atoms with Gasteiger partial charge in [0.2, 0.25) is 11.8 Å². The molecule has 8 nitrogen and oxygen atoms in total. The van der Waals surface area contributed by atoms with Gasteiger partial charge in [-0.2, -0.15) is 4.98 Å². The van der Waals surface area contributed by atoms with Crippen LogP contribution in [-0.4, -0.2) is 34.2 Å². The molecule has 2 atom stereocenters. The molecule has 0 saturated carbocycles. The SMILES string of the molecule is C=CCCC.CC.COC(=O)C1=C(NC(=O)CCc2nc(/C(C)=C/C=C(\C)O)no2)CC(C)C(c2cc(F)cc(F)c2F)C1. The Bertz CT molecular complexity index is 1360. The van der Waals surface area contributed by atoms with Crippen LogP contribution >= 0.6 is 0 Å². The Kier molecular flexibility index (Phi) is 16.5. The first kappa shape index (κ1) is 37.9. The van der Waals surface area contributed by atoms with E-state index in [0.717, 1.165) is 12.5 Å². The second kappa shape index (κ2) is 19.2. The van der Waals surface area contributed by atoms with E-state index in [4.69, 9.17) is 9.26 Å². The molecule has 0 spiro atoms. The summed E-state index contributed by atoms with van der Waals surface area (Å²) in [6.07, 6.45) is 7.62. The number of allylic oxidation sites excluding steroid dienone is 6. The van der Waals surface area contributed by atoms with Crippen molar-refractivity contribution >= 4 is 17.4 Å². The number of amides is 1. The average Bonchev–Trinajstić information content (AvgIpc) is 3.47. The first-order chi connectivity index (χ1) is 20.9. The predicted molar refractivity (Wildman–Crippen MR) is 164 cm³/mol. The van der Waals surface area contributed by atoms with E-state index in [1.165, 1.54) is 26.5 Å². The molecule has 1 aliphatic carbocycles. The number of aromatic nitrogens is 2. The predicted octanol–water partition coefficient (Wildman–Crippen LogP) is 8.04. The molecule has 2 N–H and O–H groups in total. The number of aryl methyl sites for hydroxylation is 1. The van der Waals surface area contributed by atoms with Gasteiger partial charge in [-0.3, -0.25) is 4.79 Å². The van der Waals surface area contributed by atoms with E-state index in [0.29, 0.717) is 23.2 Å². The normalized spacial score (nSPS) is 16.7. The summed E-state index contributed by atoms with van der Waals surface area (Å²) in [4.78, 5) is 29.4. The largest absolute Gasteiger partial charge is 0.513 e. The molecule has 0 fully saturated rings. The van der Waals surface area contributed by atoms with Crippen LogP contribution in [0.1, 0.15) is 96.8 Å². The van der Waals surface area contributed by atoms with Crippen LogP contribution in [0.25, 0.3) is 5.57 Å². The molecular weight excluding hydrogens is 575 g/mol. The Morgan fingerprint density at radius 3 is 2.43 bits per heavy atom. The average molecular weight is 620 g/mol. The molecule has 1 aliphatic rings. The van der Waals surface area contributed by atoms with Crippen LogP contribution in [0.2, 0.25) is 0 Å². The number of esters is 1. The first-order valence-corrected chi connectivity index (χ1v) is 14.6. The minimum absolute atomic E-state index is 0.0282. The maximum Gasteiger partial charge on any atom is 0.335 e. The van der Waals surface area contributed by atoms with Gasteiger partial charge in [-0.25, -0.2) is 18.0 Å². The van der Waals surface area contributed by atoms with Crippen molar-refractivity contribution in [3.05, 3.63) is 88.7 Å². The standard InChI is InChI=1S/C26H28F3N3O5.C5H10.C2H6/c1-13(5-6-15(3)33)25-31-23(37-32-25)8-7-22(34)30-21-9-14(2)17(12-19(21)26(35)36-4)18-10-16(27)11-20(28)24(18)29;1-3-5-4-2;1-2/h5-6,10-11,14,17,33H,7-9,12H2,1-4H3,(H,30,34);3H,1,4-5H2,2H3;1-2H3/b13-5+,15-6+;;. The summed E-state index contributed by atoms with van der Waals surface area (Å²) in [6.45, 7) is 14.7. The summed E-state index contributed by atoms with van der Waals surface area (Å²) < 4.78 is 52.1. The van der Waals surface area contributed by atoms with Crippen LogP contribution in [0, 0.1) is 23.4 Å². The number of carbonyl (C=O) groups is 2. The smallest absolute Gasteiger partial charge is 0.335 e. The third-order valence-electron chi connectivity index (χ3n) is 6.60. The molecule has 11 heteroatoms. The second-order valence-corrected chi connectivity index (χ2v) is 10.0. The molecular formula is C33H44F3N3O5. The Morgan fingerprint density at radius 1 is 1.18 bits per heavy atom. The molecule has 44 heavy (non-hydrogen) atoms. The van der Waals surface area contributed by atoms with Gasteiger partial charge in [-0.1, -0.05) is 51.4 Å². The van der Waals surface area contributed by atoms with Gasteiger partial charge < -0.3 is 19.7 Å². The van der Waals surface area contributed by atoms with E-state index in [1.807, 2.05) is 19.9 Å². The Hall–Kier alpha value is -4.15. The van der Waals surface area contributed by atoms with E-state index in [1.54, 1.807) is 19.9 Å². The van der Waals surface area contributed by atoms with Crippen molar-refractivity contribution in [2.45, 2.75) is 86.0 Å². The second-order valence-electron chi connectivity index (χ2n) is 10.0. The molecule has 0 bridgehead atoms. The number of nitrogens with zero attached hydrogens (tertiary/aromatic N) is 2. The third kappa shape index (κ3) is 11.5. The number of aliphatic hydroxyl groups is 1. The number of benzene rings is 1. The number of aliphatic hydroxyl groups excluding tert-OH is 1. The number of unbranched alkanes of at least 4 members (excludes halogenated alkanes) is 1. The van der Waals surface area contributed by atoms with Crippen molar-refractivity contribution in [1.29, 1.82) is 0 Å². The summed E-state index contributed by atoms with van der Waals surface area (Å²) in [5.41, 5.74) is 0.907. The lowest BCUT2D eigenvalue weighted by atomic mass is 9.75. The highest BCUT2D eigenvalue weighted by molar-refractivity contribution is 5.91. The van der Waals surface area contributed by atoms with Crippen LogP contribution in [-0.2, 0) is 20.7 Å². The minimum atomic E-state index is -1.31. The van der Waals surface area contributed by atoms with Crippen molar-refractivity contribution in [2.75, 3.05) is 7.11 Å². The molecule has 0 aliphatic heterocycles. The lowest BCUT2D eigenvalue weighted by Gasteiger charge is -2.32. The van der Waals surface area contributed by atoms with E-state index in [-0.39, 0.29) is 54.4 Å². The van der Waals surface area contributed by atoms with Crippen molar-refractivity contribution in [2.24, 2.45) is 5.92 Å². The molecule has 2 aromatic rings. The lowest BCUT2D eigenvalue weighted by molar-refractivity contribution is -0.136. The maximum atomic E-state index is 14.5. The molecule has 1 heterocycles. The fraction of sp³-hybridized carbons (Fsp3) is 0.455. The van der Waals surface area contributed by atoms with Gasteiger partial charge in [0.1, 0.15) is 5.82 Å². The number of hydrogen-bond donors (Lipinski definition) is 2. The van der Waals surface area contributed by atoms with Gasteiger partial charge in [0.25, 0.3) is 0 Å². The van der Waals surface area contributed by atoms with Gasteiger partial charge in [-0.15, -0.1) is 6.58 Å². The van der Waals surface area contributed by atoms with Gasteiger partial charge in [0, 0.05) is 24.6 Å². The Morgan fingerprint density at radius 2 is 1.86 bits per heavy atom. The molecule has 242 valence electrons. The Labute approximate surface area is 257 Å². The topological polar surface area (TPSA) is 115 Å². The van der Waals surface area contributed by atoms with Crippen molar-refractivity contribution in [3.63, 3.8) is 0 Å². The van der Waals surface area contributed by atoms with Gasteiger partial charge in [0.05, 0.1) is 18.4 Å². The maximum absolute atomic E-state index is 14.5. The van der Waals surface area contributed by atoms with Crippen LogP contribution < -0.4 is 5.32 Å². The van der Waals surface area contributed by atoms with Gasteiger partial charge in [0.15, 0.2) is 17.5 Å². The van der Waals surface area contributed by atoms with E-state index < -0.39 is 35.2 Å². The van der Waals surface area contributed by atoms with Crippen molar-refractivity contribution in [1.82, 2.24) is 15.5 Å². The summed E-state index contributed by atoms with van der Waals surface area (Å²) >= 11 is 0. The number of hydrogen-bond acceptors (Lipinski definition) is 7. The highest BCUT2D eigenvalue weighted by Crippen LogP contribution is 2.41. The zero-order valence-corrected chi connectivity index (χ0v) is 26.6.